The van der Waals surface area contributed by atoms with Crippen LogP contribution in [0.25, 0.3) is 0 Å². The molecule has 4 aliphatic rings. The maximum atomic E-state index is 13.9. The van der Waals surface area contributed by atoms with Crippen LogP contribution in [0.2, 0.25) is 0 Å². The molecule has 0 unspecified atom stereocenters. The van der Waals surface area contributed by atoms with Gasteiger partial charge in [-0.25, -0.2) is 0 Å². The third-order valence-corrected chi connectivity index (χ3v) is 8.62. The maximum Gasteiger partial charge on any atom is 0.297 e. The molecule has 180 valence electrons. The Morgan fingerprint density at radius 1 is 1.24 bits per heavy atom. The first-order chi connectivity index (χ1) is 15.7. The summed E-state index contributed by atoms with van der Waals surface area (Å²) in [6, 6.07) is 0. The van der Waals surface area contributed by atoms with Crippen molar-refractivity contribution in [3.63, 3.8) is 0 Å². The number of methoxy groups -OCH3 is 1. The lowest BCUT2D eigenvalue weighted by Crippen LogP contribution is -2.45. The van der Waals surface area contributed by atoms with E-state index in [1.54, 1.807) is 0 Å². The van der Waals surface area contributed by atoms with Gasteiger partial charge in [-0.05, 0) is 49.4 Å². The third-order valence-electron chi connectivity index (χ3n) is 8.62. The highest BCUT2D eigenvalue weighted by molar-refractivity contribution is 6.01. The number of hydrogen-bond acceptors (Lipinski definition) is 7. The minimum Gasteiger partial charge on any atom is -0.507 e. The quantitative estimate of drug-likeness (QED) is 0.274. The molecule has 3 fully saturated rings. The highest BCUT2D eigenvalue weighted by Crippen LogP contribution is 2.53. The number of nitrogens with zero attached hydrogens (tertiary/aromatic N) is 1. The first-order valence-corrected chi connectivity index (χ1v) is 12.0. The summed E-state index contributed by atoms with van der Waals surface area (Å²) in [7, 11) is 1.46. The zero-order valence-corrected chi connectivity index (χ0v) is 19.3. The molecular weight excluding hydrogens is 426 g/mol. The fraction of sp³-hybridized carbons (Fsp3) is 0.680. The van der Waals surface area contributed by atoms with Crippen molar-refractivity contribution >= 4 is 5.78 Å². The lowest BCUT2D eigenvalue weighted by atomic mass is 9.61. The number of rotatable bonds is 4. The zero-order chi connectivity index (χ0) is 23.7. The van der Waals surface area contributed by atoms with Crippen LogP contribution in [0, 0.1) is 29.6 Å². The molecule has 0 aromatic carbocycles. The molecule has 8 nitrogen and oxygen atoms in total. The van der Waals surface area contributed by atoms with Gasteiger partial charge in [-0.1, -0.05) is 32.4 Å². The Bertz CT molecular complexity index is 1050. The van der Waals surface area contributed by atoms with Crippen molar-refractivity contribution < 1.29 is 29.7 Å². The van der Waals surface area contributed by atoms with Crippen molar-refractivity contribution in [2.24, 2.45) is 29.6 Å². The Balaban J connectivity index is 1.58. The van der Waals surface area contributed by atoms with Crippen LogP contribution < -0.4 is 5.56 Å². The smallest absolute Gasteiger partial charge is 0.297 e. The molecule has 33 heavy (non-hydrogen) atoms. The standard InChI is InChI=1S/C25H33NO7/c1-12-4-7-15-14(10-12)6-5-13(2)18(15)21(29)19-20(28)16(11-26(31)24(19)30)25(32-3)9-8-17(27)22-23(25)33-22/h5-6,11-15,17-18,22-23,27-28,31H,4,7-10H2,1-3H3/t12-,13-,14-,15-,17-,18+,22-,23-,25+/m1/s1. The van der Waals surface area contributed by atoms with Crippen molar-refractivity contribution in [1.29, 1.82) is 0 Å². The van der Waals surface area contributed by atoms with Crippen LogP contribution in [0.1, 0.15) is 61.9 Å². The Morgan fingerprint density at radius 2 is 2.00 bits per heavy atom. The molecule has 0 radical (unpaired) electrons. The van der Waals surface area contributed by atoms with Crippen LogP contribution in [0.3, 0.4) is 0 Å². The van der Waals surface area contributed by atoms with Gasteiger partial charge in [0.15, 0.2) is 5.78 Å². The SMILES string of the molecule is CO[C@]1(c2cn(O)c(=O)c(C(=O)[C@@H]3[C@@H]4CC[C@@H](C)C[C@H]4C=C[C@H]3C)c2O)CC[C@@H](O)[C@H]2O[C@H]21. The maximum absolute atomic E-state index is 13.9. The first-order valence-electron chi connectivity index (χ1n) is 12.0. The number of fused-ring (bicyclic) bond motifs is 2. The predicted octanol–water partition coefficient (Wildman–Crippen LogP) is 2.61. The molecule has 0 spiro atoms. The minimum absolute atomic E-state index is 0.0842. The number of carbonyl (C=O) groups is 1. The van der Waals surface area contributed by atoms with E-state index in [-0.39, 0.29) is 28.9 Å². The Labute approximate surface area is 192 Å². The summed E-state index contributed by atoms with van der Waals surface area (Å²) in [6.07, 6.45) is 7.36. The second-order valence-electron chi connectivity index (χ2n) is 10.5. The van der Waals surface area contributed by atoms with E-state index in [2.05, 4.69) is 13.0 Å². The largest absolute Gasteiger partial charge is 0.507 e. The fourth-order valence-corrected chi connectivity index (χ4v) is 6.74. The number of Topliss-reactive ketones (excluding diaryl/α,β-unsaturated/α-hetero) is 1. The molecule has 0 amide bonds. The van der Waals surface area contributed by atoms with E-state index in [9.17, 15) is 25.0 Å². The zero-order valence-electron chi connectivity index (χ0n) is 19.3. The van der Waals surface area contributed by atoms with Crippen LogP contribution in [0.4, 0.5) is 0 Å². The van der Waals surface area contributed by atoms with E-state index in [1.807, 2.05) is 13.0 Å². The van der Waals surface area contributed by atoms with E-state index in [1.165, 1.54) is 7.11 Å². The molecule has 2 saturated carbocycles. The highest BCUT2D eigenvalue weighted by Gasteiger charge is 2.63. The number of carbonyl (C=O) groups excluding carboxylic acids is 1. The molecule has 2 heterocycles. The Kier molecular flexibility index (Phi) is 5.46. The van der Waals surface area contributed by atoms with E-state index >= 15 is 0 Å². The van der Waals surface area contributed by atoms with Gasteiger partial charge in [-0.2, -0.15) is 4.73 Å². The minimum atomic E-state index is -1.16. The number of aromatic hydroxyl groups is 1. The lowest BCUT2D eigenvalue weighted by molar-refractivity contribution is -0.0617. The lowest BCUT2D eigenvalue weighted by Gasteiger charge is -2.42. The predicted molar refractivity (Wildman–Crippen MR) is 118 cm³/mol. The molecular formula is C25H33NO7. The number of aliphatic hydroxyl groups is 1. The number of hydrogen-bond donors (Lipinski definition) is 3. The number of allylic oxidation sites excluding steroid dienone is 2. The molecule has 9 atom stereocenters. The second-order valence-corrected chi connectivity index (χ2v) is 10.5. The summed E-state index contributed by atoms with van der Waals surface area (Å²) in [4.78, 5) is 26.8. The van der Waals surface area contributed by atoms with Gasteiger partial charge in [0.2, 0.25) is 0 Å². The molecule has 3 aliphatic carbocycles. The third kappa shape index (κ3) is 3.37. The molecule has 1 saturated heterocycles. The molecule has 1 aromatic rings. The summed E-state index contributed by atoms with van der Waals surface area (Å²) in [5.74, 6) is -0.464. The van der Waals surface area contributed by atoms with Crippen molar-refractivity contribution in [2.45, 2.75) is 69.9 Å². The van der Waals surface area contributed by atoms with Gasteiger partial charge in [0.25, 0.3) is 5.56 Å². The van der Waals surface area contributed by atoms with E-state index in [0.29, 0.717) is 23.5 Å². The number of pyridine rings is 1. The average molecular weight is 460 g/mol. The summed E-state index contributed by atoms with van der Waals surface area (Å²) < 4.78 is 11.8. The van der Waals surface area contributed by atoms with Crippen LogP contribution >= 0.6 is 0 Å². The monoisotopic (exact) mass is 459 g/mol. The van der Waals surface area contributed by atoms with Gasteiger partial charge in [0, 0.05) is 18.6 Å². The number of aromatic nitrogens is 1. The van der Waals surface area contributed by atoms with Crippen LogP contribution in [0.5, 0.6) is 5.75 Å². The topological polar surface area (TPSA) is 122 Å². The van der Waals surface area contributed by atoms with Crippen molar-refractivity contribution in [3.8, 4) is 5.75 Å². The number of epoxide rings is 1. The average Bonchev–Trinajstić information content (AvgIpc) is 3.60. The Hall–Kier alpha value is -2.16. The normalized spacial score (nSPS) is 41.8. The molecule has 5 rings (SSSR count). The van der Waals surface area contributed by atoms with Gasteiger partial charge in [-0.15, -0.1) is 0 Å². The van der Waals surface area contributed by atoms with Gasteiger partial charge in [0.1, 0.15) is 29.1 Å². The van der Waals surface area contributed by atoms with Crippen LogP contribution in [0.15, 0.2) is 23.1 Å². The number of ether oxygens (including phenoxy) is 2. The van der Waals surface area contributed by atoms with E-state index in [0.717, 1.165) is 25.5 Å². The van der Waals surface area contributed by atoms with Gasteiger partial charge in [0.05, 0.1) is 12.3 Å². The van der Waals surface area contributed by atoms with Gasteiger partial charge >= 0.3 is 0 Å². The first kappa shape index (κ1) is 22.6. The summed E-state index contributed by atoms with van der Waals surface area (Å²) in [6.45, 7) is 4.19. The summed E-state index contributed by atoms with van der Waals surface area (Å²) in [5.41, 5.74) is -2.34. The van der Waals surface area contributed by atoms with Crippen molar-refractivity contribution in [3.05, 3.63) is 39.8 Å². The van der Waals surface area contributed by atoms with E-state index in [4.69, 9.17) is 9.47 Å². The van der Waals surface area contributed by atoms with Crippen molar-refractivity contribution in [1.82, 2.24) is 4.73 Å². The molecule has 0 bridgehead atoms. The molecule has 3 N–H and O–H groups in total. The molecule has 1 aromatic heterocycles. The van der Waals surface area contributed by atoms with Gasteiger partial charge in [-0.3, -0.25) is 9.59 Å². The second kappa shape index (κ2) is 7.96. The van der Waals surface area contributed by atoms with Crippen LogP contribution in [-0.2, 0) is 15.1 Å². The van der Waals surface area contributed by atoms with E-state index < -0.39 is 46.9 Å². The van der Waals surface area contributed by atoms with Gasteiger partial charge < -0.3 is 24.9 Å². The molecule has 8 heteroatoms. The van der Waals surface area contributed by atoms with Crippen LogP contribution in [-0.4, -0.2) is 51.4 Å². The number of ketones is 1. The molecule has 1 aliphatic heterocycles. The summed E-state index contributed by atoms with van der Waals surface area (Å²) in [5, 5.41) is 31.9. The van der Waals surface area contributed by atoms with Crippen molar-refractivity contribution in [2.75, 3.05) is 7.11 Å². The summed E-state index contributed by atoms with van der Waals surface area (Å²) >= 11 is 0. The fourth-order valence-electron chi connectivity index (χ4n) is 6.74. The Morgan fingerprint density at radius 3 is 2.73 bits per heavy atom. The number of aliphatic hydroxyl groups excluding tert-OH is 1. The highest BCUT2D eigenvalue weighted by atomic mass is 16.6.